The zero-order valence-corrected chi connectivity index (χ0v) is 22.9. The van der Waals surface area contributed by atoms with Crippen molar-refractivity contribution in [2.24, 2.45) is 10.2 Å². The smallest absolute Gasteiger partial charge is 0.262 e. The van der Waals surface area contributed by atoms with Crippen LogP contribution in [0.1, 0.15) is 45.2 Å². The lowest BCUT2D eigenvalue weighted by Gasteiger charge is -2.33. The number of nitrogens with zero attached hydrogens (tertiary/aromatic N) is 5. The minimum atomic E-state index is -0.657. The molecule has 2 heterocycles. The van der Waals surface area contributed by atoms with E-state index in [0.29, 0.717) is 12.2 Å². The van der Waals surface area contributed by atoms with Crippen LogP contribution in [-0.4, -0.2) is 54.2 Å². The van der Waals surface area contributed by atoms with E-state index in [4.69, 9.17) is 4.74 Å². The number of fused-ring (bicyclic) bond motifs is 2. The summed E-state index contributed by atoms with van der Waals surface area (Å²) in [5, 5.41) is 28.9. The highest BCUT2D eigenvalue weighted by Crippen LogP contribution is 2.40. The van der Waals surface area contributed by atoms with Crippen molar-refractivity contribution >= 4 is 44.8 Å². The van der Waals surface area contributed by atoms with Gasteiger partial charge in [0.05, 0.1) is 26.9 Å². The fraction of sp³-hybridized carbons (Fsp3) is 0.276. The fourth-order valence-electron chi connectivity index (χ4n) is 4.90. The first kappa shape index (κ1) is 26.5. The molecule has 2 amide bonds. The number of aryl methyl sites for hydroxylation is 1. The van der Waals surface area contributed by atoms with E-state index in [1.54, 1.807) is 6.92 Å². The average molecular weight is 588 g/mol. The Bertz CT molecular complexity index is 1500. The second-order valence-corrected chi connectivity index (χ2v) is 10.1. The Morgan fingerprint density at radius 2 is 1.92 bits per heavy atom. The molecule has 0 saturated carbocycles. The number of nitriles is 1. The van der Waals surface area contributed by atoms with E-state index in [1.807, 2.05) is 48.5 Å². The molecular formula is C29H26BrN5O4. The third-order valence-corrected chi connectivity index (χ3v) is 7.54. The van der Waals surface area contributed by atoms with Crippen LogP contribution >= 0.6 is 15.9 Å². The number of anilines is 1. The molecule has 0 fully saturated rings. The summed E-state index contributed by atoms with van der Waals surface area (Å²) in [7, 11) is 0. The van der Waals surface area contributed by atoms with Gasteiger partial charge in [-0.25, -0.2) is 0 Å². The number of ether oxygens (including phenoxy) is 1. The Balaban J connectivity index is 1.34. The molecule has 9 nitrogen and oxygen atoms in total. The number of amides is 2. The Morgan fingerprint density at radius 3 is 2.67 bits per heavy atom. The van der Waals surface area contributed by atoms with Gasteiger partial charge in [0.1, 0.15) is 30.2 Å². The summed E-state index contributed by atoms with van der Waals surface area (Å²) in [4.78, 5) is 28.6. The van der Waals surface area contributed by atoms with E-state index >= 15 is 0 Å². The van der Waals surface area contributed by atoms with Crippen LogP contribution in [-0.2, 0) is 6.42 Å². The van der Waals surface area contributed by atoms with Gasteiger partial charge in [-0.05, 0) is 77.7 Å². The minimum Gasteiger partial charge on any atom is -0.491 e. The number of halogens is 1. The molecule has 0 spiro atoms. The molecule has 10 heteroatoms. The SMILES string of the molecule is CCN1C(=O)c2cc(C#N)c(/N=N/c3ccc4c(c3)CCCN4CC(O)COc3ccccc3)c(Br)c2C1=O. The van der Waals surface area contributed by atoms with Crippen LogP contribution in [0.25, 0.3) is 0 Å². The molecule has 39 heavy (non-hydrogen) atoms. The van der Waals surface area contributed by atoms with Gasteiger partial charge in [0, 0.05) is 25.3 Å². The summed E-state index contributed by atoms with van der Waals surface area (Å²) in [6.45, 7) is 3.42. The molecule has 198 valence electrons. The normalized spacial score (nSPS) is 15.3. The molecule has 1 N–H and O–H groups in total. The number of hydrogen-bond acceptors (Lipinski definition) is 8. The lowest BCUT2D eigenvalue weighted by atomic mass is 10.0. The van der Waals surface area contributed by atoms with Crippen LogP contribution in [0, 0.1) is 11.3 Å². The number of rotatable bonds is 8. The molecule has 0 aliphatic carbocycles. The van der Waals surface area contributed by atoms with Crippen LogP contribution < -0.4 is 9.64 Å². The minimum absolute atomic E-state index is 0.152. The fourth-order valence-corrected chi connectivity index (χ4v) is 5.57. The van der Waals surface area contributed by atoms with Crippen molar-refractivity contribution in [2.45, 2.75) is 25.9 Å². The Kier molecular flexibility index (Phi) is 7.72. The summed E-state index contributed by atoms with van der Waals surface area (Å²) in [5.74, 6) is -0.122. The maximum Gasteiger partial charge on any atom is 0.262 e. The van der Waals surface area contributed by atoms with Crippen molar-refractivity contribution in [1.29, 1.82) is 5.26 Å². The highest BCUT2D eigenvalue weighted by Gasteiger charge is 2.38. The topological polar surface area (TPSA) is 119 Å². The molecule has 2 aliphatic heterocycles. The van der Waals surface area contributed by atoms with Crippen LogP contribution in [0.2, 0.25) is 0 Å². The second-order valence-electron chi connectivity index (χ2n) is 9.32. The molecule has 0 bridgehead atoms. The molecule has 1 atom stereocenters. The molecule has 1 unspecified atom stereocenters. The number of benzene rings is 3. The van der Waals surface area contributed by atoms with E-state index < -0.39 is 17.9 Å². The molecular weight excluding hydrogens is 562 g/mol. The van der Waals surface area contributed by atoms with Gasteiger partial charge in [-0.2, -0.15) is 10.4 Å². The van der Waals surface area contributed by atoms with E-state index in [9.17, 15) is 20.0 Å². The summed E-state index contributed by atoms with van der Waals surface area (Å²) in [6.07, 6.45) is 1.13. The molecule has 2 aliphatic rings. The van der Waals surface area contributed by atoms with Gasteiger partial charge in [-0.3, -0.25) is 14.5 Å². The van der Waals surface area contributed by atoms with Crippen molar-refractivity contribution in [3.63, 3.8) is 0 Å². The Morgan fingerprint density at radius 1 is 1.13 bits per heavy atom. The molecule has 3 aromatic rings. The van der Waals surface area contributed by atoms with Gasteiger partial charge in [0.15, 0.2) is 0 Å². The van der Waals surface area contributed by atoms with Gasteiger partial charge in [0.25, 0.3) is 11.8 Å². The van der Waals surface area contributed by atoms with Crippen LogP contribution in [0.4, 0.5) is 17.1 Å². The van der Waals surface area contributed by atoms with Gasteiger partial charge >= 0.3 is 0 Å². The quantitative estimate of drug-likeness (QED) is 0.273. The van der Waals surface area contributed by atoms with E-state index in [2.05, 4.69) is 37.1 Å². The first-order valence-corrected chi connectivity index (χ1v) is 13.5. The van der Waals surface area contributed by atoms with E-state index in [-0.39, 0.29) is 40.0 Å². The third kappa shape index (κ3) is 5.28. The summed E-state index contributed by atoms with van der Waals surface area (Å²) < 4.78 is 5.98. The first-order chi connectivity index (χ1) is 18.9. The van der Waals surface area contributed by atoms with Gasteiger partial charge in [0.2, 0.25) is 0 Å². The summed E-state index contributed by atoms with van der Waals surface area (Å²) >= 11 is 3.40. The average Bonchev–Trinajstić information content (AvgIpc) is 3.20. The predicted molar refractivity (Wildman–Crippen MR) is 149 cm³/mol. The number of azo groups is 1. The van der Waals surface area contributed by atoms with Crippen LogP contribution in [0.3, 0.4) is 0 Å². The summed E-state index contributed by atoms with van der Waals surface area (Å²) in [5.41, 5.74) is 3.45. The van der Waals surface area contributed by atoms with Crippen molar-refractivity contribution in [2.75, 3.05) is 31.1 Å². The second kappa shape index (κ2) is 11.4. The Labute approximate surface area is 234 Å². The molecule has 5 rings (SSSR count). The zero-order chi connectivity index (χ0) is 27.5. The monoisotopic (exact) mass is 587 g/mol. The highest BCUT2D eigenvalue weighted by atomic mass is 79.9. The maximum absolute atomic E-state index is 12.8. The largest absolute Gasteiger partial charge is 0.491 e. The van der Waals surface area contributed by atoms with Crippen molar-refractivity contribution in [3.05, 3.63) is 81.3 Å². The number of para-hydroxylation sites is 1. The maximum atomic E-state index is 12.8. The first-order valence-electron chi connectivity index (χ1n) is 12.7. The van der Waals surface area contributed by atoms with Crippen LogP contribution in [0.15, 0.2) is 69.3 Å². The standard InChI is InChI=1S/C29H26BrN5O4/c1-2-35-28(37)23-14-19(15-31)27(26(30)25(23)29(35)38)33-32-20-10-11-24-18(13-20)7-6-12-34(24)16-21(36)17-39-22-8-4-3-5-9-22/h3-5,8-11,13-14,21,36H,2,6-7,12,16-17H2,1H3/b33-32+. The number of aliphatic hydroxyl groups is 1. The van der Waals surface area contributed by atoms with Crippen LogP contribution in [0.5, 0.6) is 5.75 Å². The molecule has 3 aromatic carbocycles. The van der Waals surface area contributed by atoms with E-state index in [0.717, 1.165) is 41.3 Å². The number of imide groups is 1. The number of carbonyl (C=O) groups is 2. The highest BCUT2D eigenvalue weighted by molar-refractivity contribution is 9.10. The van der Waals surface area contributed by atoms with Gasteiger partial charge < -0.3 is 14.7 Å². The summed E-state index contributed by atoms with van der Waals surface area (Å²) in [6, 6.07) is 18.6. The molecule has 0 saturated heterocycles. The van der Waals surface area contributed by atoms with Gasteiger partial charge in [-0.1, -0.05) is 18.2 Å². The Hall–Kier alpha value is -4.07. The predicted octanol–water partition coefficient (Wildman–Crippen LogP) is 5.54. The van der Waals surface area contributed by atoms with Crippen molar-refractivity contribution in [1.82, 2.24) is 4.90 Å². The lowest BCUT2D eigenvalue weighted by Crippen LogP contribution is -2.38. The van der Waals surface area contributed by atoms with Crippen molar-refractivity contribution < 1.29 is 19.4 Å². The third-order valence-electron chi connectivity index (χ3n) is 6.77. The molecule has 0 radical (unpaired) electrons. The lowest BCUT2D eigenvalue weighted by molar-refractivity contribution is 0.0662. The number of aliphatic hydroxyl groups excluding tert-OH is 1. The number of carbonyl (C=O) groups excluding carboxylic acids is 2. The zero-order valence-electron chi connectivity index (χ0n) is 21.3. The van der Waals surface area contributed by atoms with E-state index in [1.165, 1.54) is 6.07 Å². The van der Waals surface area contributed by atoms with Gasteiger partial charge in [-0.15, -0.1) is 5.11 Å². The number of β-amino-alcohol motifs (C(OH)–C–C–N with tert-alkyl or cyclic N) is 1. The van der Waals surface area contributed by atoms with Crippen molar-refractivity contribution in [3.8, 4) is 11.8 Å². The number of hydrogen-bond donors (Lipinski definition) is 1. The molecule has 0 aromatic heterocycles.